The van der Waals surface area contributed by atoms with Crippen molar-refractivity contribution in [1.82, 2.24) is 14.4 Å². The van der Waals surface area contributed by atoms with Gasteiger partial charge in [0, 0.05) is 44.6 Å². The maximum Gasteiger partial charge on any atom is 0.245 e. The van der Waals surface area contributed by atoms with Crippen LogP contribution < -0.4 is 20.1 Å². The quantitative estimate of drug-likeness (QED) is 0.164. The first-order valence-corrected chi connectivity index (χ1v) is 11.5. The van der Waals surface area contributed by atoms with E-state index in [4.69, 9.17) is 15.0 Å². The predicted molar refractivity (Wildman–Crippen MR) is 131 cm³/mol. The topological polar surface area (TPSA) is 141 Å². The number of rotatable bonds is 9. The molecule has 9 nitrogen and oxygen atoms in total. The Morgan fingerprint density at radius 2 is 1.91 bits per heavy atom. The molecule has 0 fully saturated rings. The Labute approximate surface area is 204 Å². The molecule has 3 rings (SSSR count). The standard InChI is InChI=1S/C19H20F2N4O2S2.CH3NO.CH4O/c1-25(15-2-3-18-16(10-15)22-11-28-18)19(27)17(24-29-23-4-5-26)8-12-6-13(20)9-14(21)7-12;2-1-3;1-2/h2-3,6-7,9-11,17,23-24,26H,4-5,8H2,1H3;1H,(H2,2,3);2H,1H3. The van der Waals surface area contributed by atoms with Crippen LogP contribution in [0.1, 0.15) is 5.56 Å². The zero-order valence-electron chi connectivity index (χ0n) is 18.6. The van der Waals surface area contributed by atoms with Gasteiger partial charge in [-0.1, -0.05) is 0 Å². The van der Waals surface area contributed by atoms with Crippen LogP contribution in [0.3, 0.4) is 0 Å². The third kappa shape index (κ3) is 9.29. The number of benzene rings is 2. The summed E-state index contributed by atoms with van der Waals surface area (Å²) in [5.41, 5.74) is 7.73. The molecule has 13 heteroatoms. The summed E-state index contributed by atoms with van der Waals surface area (Å²) in [6.45, 7) is 0.263. The molecule has 186 valence electrons. The number of halogens is 2. The van der Waals surface area contributed by atoms with Gasteiger partial charge in [0.25, 0.3) is 0 Å². The Bertz CT molecular complexity index is 1020. The molecule has 1 heterocycles. The molecule has 34 heavy (non-hydrogen) atoms. The SMILES string of the molecule is CN(C(=O)C(Cc1cc(F)cc(F)c1)NSNCCO)c1ccc2scnc2c1.CO.NC=O. The number of aliphatic hydroxyl groups excluding tert-OH is 2. The van der Waals surface area contributed by atoms with Gasteiger partial charge < -0.3 is 20.8 Å². The van der Waals surface area contributed by atoms with Crippen molar-refractivity contribution in [3.63, 3.8) is 0 Å². The molecule has 0 aliphatic carbocycles. The van der Waals surface area contributed by atoms with Crippen molar-refractivity contribution in [1.29, 1.82) is 0 Å². The van der Waals surface area contributed by atoms with Crippen molar-refractivity contribution in [2.45, 2.75) is 12.5 Å². The number of carbonyl (C=O) groups is 2. The fraction of sp³-hybridized carbons (Fsp3) is 0.286. The van der Waals surface area contributed by atoms with Crippen molar-refractivity contribution in [2.24, 2.45) is 5.73 Å². The van der Waals surface area contributed by atoms with Gasteiger partial charge in [0.1, 0.15) is 17.7 Å². The number of hydrogen-bond donors (Lipinski definition) is 5. The normalized spacial score (nSPS) is 11.0. The van der Waals surface area contributed by atoms with Crippen molar-refractivity contribution in [2.75, 3.05) is 32.2 Å². The Morgan fingerprint density at radius 1 is 1.26 bits per heavy atom. The second-order valence-corrected chi connectivity index (χ2v) is 8.02. The Hall–Kier alpha value is -2.68. The zero-order valence-corrected chi connectivity index (χ0v) is 20.2. The highest BCUT2D eigenvalue weighted by atomic mass is 32.2. The highest BCUT2D eigenvalue weighted by molar-refractivity contribution is 7.95. The molecule has 0 aliphatic heterocycles. The molecule has 0 radical (unpaired) electrons. The number of aromatic nitrogens is 1. The van der Waals surface area contributed by atoms with E-state index in [0.717, 1.165) is 35.5 Å². The lowest BCUT2D eigenvalue weighted by molar-refractivity contribution is -0.119. The number of nitrogens with two attached hydrogens (primary N) is 1. The number of thiazole rings is 1. The molecule has 0 saturated carbocycles. The fourth-order valence-corrected chi connectivity index (χ4v) is 4.03. The number of anilines is 1. The molecule has 1 aromatic heterocycles. The number of hydrogen-bond acceptors (Lipinski definition) is 9. The van der Waals surface area contributed by atoms with E-state index in [9.17, 15) is 13.6 Å². The highest BCUT2D eigenvalue weighted by Crippen LogP contribution is 2.24. The van der Waals surface area contributed by atoms with Gasteiger partial charge in [0.15, 0.2) is 0 Å². The average molecular weight is 516 g/mol. The van der Waals surface area contributed by atoms with Gasteiger partial charge in [-0.05, 0) is 42.3 Å². The minimum Gasteiger partial charge on any atom is -0.400 e. The molecule has 0 spiro atoms. The summed E-state index contributed by atoms with van der Waals surface area (Å²) < 4.78 is 34.0. The van der Waals surface area contributed by atoms with Gasteiger partial charge in [-0.25, -0.2) is 23.2 Å². The summed E-state index contributed by atoms with van der Waals surface area (Å²) in [6, 6.07) is 7.99. The van der Waals surface area contributed by atoms with Gasteiger partial charge in [-0.3, -0.25) is 9.59 Å². The Morgan fingerprint density at radius 3 is 2.53 bits per heavy atom. The zero-order chi connectivity index (χ0) is 25.5. The number of likely N-dealkylation sites (N-methyl/N-ethyl adjacent to an activating group) is 1. The molecule has 2 aromatic carbocycles. The predicted octanol–water partition coefficient (Wildman–Crippen LogP) is 1.59. The molecule has 6 N–H and O–H groups in total. The average Bonchev–Trinajstić information content (AvgIpc) is 3.29. The minimum absolute atomic E-state index is 0.0596. The van der Waals surface area contributed by atoms with Crippen LogP contribution in [0.5, 0.6) is 0 Å². The lowest BCUT2D eigenvalue weighted by atomic mass is 10.0. The first-order chi connectivity index (χ1) is 16.4. The van der Waals surface area contributed by atoms with Gasteiger partial charge in [0.05, 0.1) is 22.3 Å². The summed E-state index contributed by atoms with van der Waals surface area (Å²) in [5.74, 6) is -1.67. The van der Waals surface area contributed by atoms with Crippen molar-refractivity contribution >= 4 is 51.7 Å². The van der Waals surface area contributed by atoms with E-state index in [1.807, 2.05) is 18.2 Å². The number of fused-ring (bicyclic) bond motifs is 1. The monoisotopic (exact) mass is 515 g/mol. The molecule has 1 unspecified atom stereocenters. The maximum absolute atomic E-state index is 13.6. The van der Waals surface area contributed by atoms with E-state index >= 15 is 0 Å². The number of nitrogens with one attached hydrogen (secondary N) is 2. The summed E-state index contributed by atoms with van der Waals surface area (Å²) in [6.07, 6.45) is 0.338. The van der Waals surface area contributed by atoms with E-state index in [0.29, 0.717) is 17.8 Å². The van der Waals surface area contributed by atoms with Crippen molar-refractivity contribution in [3.8, 4) is 0 Å². The Balaban J connectivity index is 0.00000107. The van der Waals surface area contributed by atoms with Gasteiger partial charge in [-0.15, -0.1) is 11.3 Å². The minimum atomic E-state index is -0.761. The molecule has 0 aliphatic rings. The maximum atomic E-state index is 13.6. The molecule has 0 bridgehead atoms. The van der Waals surface area contributed by atoms with Crippen LogP contribution >= 0.6 is 23.5 Å². The molecular formula is C21H27F2N5O4S2. The fourth-order valence-electron chi connectivity index (χ4n) is 2.77. The molecule has 0 saturated heterocycles. The molecule has 2 amide bonds. The first-order valence-electron chi connectivity index (χ1n) is 9.80. The third-order valence-electron chi connectivity index (χ3n) is 4.18. The van der Waals surface area contributed by atoms with Crippen LogP contribution in [-0.4, -0.2) is 60.9 Å². The third-order valence-corrected chi connectivity index (χ3v) is 5.74. The number of carbonyl (C=O) groups excluding carboxylic acids is 2. The lowest BCUT2D eigenvalue weighted by Crippen LogP contribution is -2.45. The second-order valence-electron chi connectivity index (χ2n) is 6.41. The van der Waals surface area contributed by atoms with E-state index in [1.54, 1.807) is 12.6 Å². The van der Waals surface area contributed by atoms with Gasteiger partial charge >= 0.3 is 0 Å². The number of amides is 2. The summed E-state index contributed by atoms with van der Waals surface area (Å²) in [5, 5.41) is 15.9. The number of primary amides is 1. The highest BCUT2D eigenvalue weighted by Gasteiger charge is 2.24. The van der Waals surface area contributed by atoms with Crippen LogP contribution in [-0.2, 0) is 16.0 Å². The summed E-state index contributed by atoms with van der Waals surface area (Å²) >= 11 is 2.57. The van der Waals surface area contributed by atoms with Crippen LogP contribution in [0.2, 0.25) is 0 Å². The van der Waals surface area contributed by atoms with E-state index in [-0.39, 0.29) is 25.3 Å². The van der Waals surface area contributed by atoms with Gasteiger partial charge in [0.2, 0.25) is 12.3 Å². The first kappa shape index (κ1) is 29.4. The largest absolute Gasteiger partial charge is 0.400 e. The van der Waals surface area contributed by atoms with E-state index in [2.05, 4.69) is 20.2 Å². The summed E-state index contributed by atoms with van der Waals surface area (Å²) in [4.78, 5) is 27.5. The Kier molecular flexibility index (Phi) is 13.8. The van der Waals surface area contributed by atoms with Crippen molar-refractivity contribution in [3.05, 3.63) is 59.1 Å². The van der Waals surface area contributed by atoms with Gasteiger partial charge in [-0.2, -0.15) is 0 Å². The number of nitrogens with zero attached hydrogens (tertiary/aromatic N) is 2. The van der Waals surface area contributed by atoms with E-state index < -0.39 is 17.7 Å². The summed E-state index contributed by atoms with van der Waals surface area (Å²) in [7, 11) is 2.64. The molecule has 3 aromatic rings. The van der Waals surface area contributed by atoms with E-state index in [1.165, 1.54) is 28.4 Å². The smallest absolute Gasteiger partial charge is 0.245 e. The molecule has 1 atom stereocenters. The second kappa shape index (κ2) is 16.0. The lowest BCUT2D eigenvalue weighted by Gasteiger charge is -2.24. The van der Waals surface area contributed by atoms with Crippen LogP contribution in [0, 0.1) is 11.6 Å². The van der Waals surface area contributed by atoms with Crippen molar-refractivity contribution < 1.29 is 28.6 Å². The molecular weight excluding hydrogens is 488 g/mol. The number of aliphatic hydroxyl groups is 2. The van der Waals surface area contributed by atoms with Crippen LogP contribution in [0.15, 0.2) is 41.9 Å². The van der Waals surface area contributed by atoms with Crippen LogP contribution in [0.25, 0.3) is 10.2 Å². The van der Waals surface area contributed by atoms with Crippen LogP contribution in [0.4, 0.5) is 14.5 Å².